The predicted molar refractivity (Wildman–Crippen MR) is 109 cm³/mol. The molecule has 0 aromatic heterocycles. The summed E-state index contributed by atoms with van der Waals surface area (Å²) < 4.78 is 76.6. The zero-order chi connectivity index (χ0) is 22.1. The summed E-state index contributed by atoms with van der Waals surface area (Å²) in [4.78, 5) is 0. The topological polar surface area (TPSA) is 27.7 Å². The van der Waals surface area contributed by atoms with Crippen molar-refractivity contribution >= 4 is 0 Å². The van der Waals surface area contributed by atoms with E-state index in [0.717, 1.165) is 6.42 Å². The first-order chi connectivity index (χ1) is 15.0. The molecular weight excluding hydrogens is 412 g/mol. The minimum absolute atomic E-state index is 0.128. The van der Waals surface area contributed by atoms with E-state index in [0.29, 0.717) is 6.42 Å². The molecular formula is C24H24F4O3. The summed E-state index contributed by atoms with van der Waals surface area (Å²) in [7, 11) is 0. The second kappa shape index (κ2) is 9.01. The molecule has 7 heteroatoms. The van der Waals surface area contributed by atoms with E-state index in [9.17, 15) is 8.78 Å². The molecule has 4 rings (SSSR count). The maximum absolute atomic E-state index is 15.4. The number of hydrogen-bond acceptors (Lipinski definition) is 3. The van der Waals surface area contributed by atoms with Gasteiger partial charge in [-0.15, -0.1) is 6.58 Å². The molecule has 2 unspecified atom stereocenters. The Balaban J connectivity index is 1.68. The molecule has 0 saturated carbocycles. The van der Waals surface area contributed by atoms with Crippen LogP contribution in [-0.2, 0) is 9.47 Å². The molecule has 0 spiro atoms. The first-order valence-electron chi connectivity index (χ1n) is 10.4. The van der Waals surface area contributed by atoms with Crippen molar-refractivity contribution in [1.29, 1.82) is 0 Å². The van der Waals surface area contributed by atoms with Gasteiger partial charge >= 0.3 is 0 Å². The van der Waals surface area contributed by atoms with E-state index in [1.54, 1.807) is 13.0 Å². The highest BCUT2D eigenvalue weighted by Crippen LogP contribution is 2.52. The molecule has 0 N–H and O–H groups in total. The standard InChI is InChI=1S/C24H24F4O3/c1-3-5-6-18-30-11-13(12-31-18)14-7-8-15-16-9-10-17(29-4-2)22(26)20(16)24(28)23(27)19(15)21(14)25/h3,7-10,13,18,23-24H,1,4-6,11-12H2,2H3. The van der Waals surface area contributed by atoms with Crippen LogP contribution in [0.2, 0.25) is 0 Å². The van der Waals surface area contributed by atoms with Gasteiger partial charge in [0, 0.05) is 23.5 Å². The molecule has 1 heterocycles. The summed E-state index contributed by atoms with van der Waals surface area (Å²) in [5, 5.41) is 0. The lowest BCUT2D eigenvalue weighted by molar-refractivity contribution is -0.189. The number of halogens is 4. The normalized spacial score (nSPS) is 24.9. The van der Waals surface area contributed by atoms with E-state index >= 15 is 8.78 Å². The fourth-order valence-electron chi connectivity index (χ4n) is 4.21. The quantitative estimate of drug-likeness (QED) is 0.383. The number of hydrogen-bond donors (Lipinski definition) is 0. The van der Waals surface area contributed by atoms with Crippen LogP contribution in [0.5, 0.6) is 5.75 Å². The van der Waals surface area contributed by atoms with Crippen molar-refractivity contribution in [2.24, 2.45) is 0 Å². The van der Waals surface area contributed by atoms with Crippen molar-refractivity contribution in [2.45, 2.75) is 44.3 Å². The molecule has 0 amide bonds. The molecule has 1 fully saturated rings. The number of benzene rings is 2. The van der Waals surface area contributed by atoms with Crippen LogP contribution in [0, 0.1) is 11.6 Å². The van der Waals surface area contributed by atoms with Gasteiger partial charge in [-0.3, -0.25) is 0 Å². The second-order valence-corrected chi connectivity index (χ2v) is 7.66. The number of alkyl halides is 2. The van der Waals surface area contributed by atoms with Crippen molar-refractivity contribution in [3.05, 3.63) is 65.2 Å². The molecule has 1 saturated heterocycles. The number of allylic oxidation sites excluding steroid dienone is 1. The van der Waals surface area contributed by atoms with Crippen LogP contribution in [0.25, 0.3) is 11.1 Å². The molecule has 2 aromatic rings. The molecule has 0 radical (unpaired) electrons. The molecule has 1 aliphatic heterocycles. The Hall–Kier alpha value is -2.38. The minimum atomic E-state index is -2.34. The largest absolute Gasteiger partial charge is 0.491 e. The van der Waals surface area contributed by atoms with Gasteiger partial charge < -0.3 is 14.2 Å². The highest BCUT2D eigenvalue weighted by molar-refractivity contribution is 5.76. The zero-order valence-electron chi connectivity index (χ0n) is 17.2. The lowest BCUT2D eigenvalue weighted by Gasteiger charge is -2.32. The summed E-state index contributed by atoms with van der Waals surface area (Å²) in [6.45, 7) is 5.90. The maximum Gasteiger partial charge on any atom is 0.171 e. The molecule has 0 bridgehead atoms. The third kappa shape index (κ3) is 3.85. The second-order valence-electron chi connectivity index (χ2n) is 7.66. The van der Waals surface area contributed by atoms with Gasteiger partial charge in [0.1, 0.15) is 5.82 Å². The Bertz CT molecular complexity index is 970. The van der Waals surface area contributed by atoms with Crippen LogP contribution in [0.1, 0.15) is 54.7 Å². The van der Waals surface area contributed by atoms with Crippen molar-refractivity contribution in [3.8, 4) is 16.9 Å². The average molecular weight is 436 g/mol. The molecule has 1 aliphatic carbocycles. The van der Waals surface area contributed by atoms with Crippen LogP contribution >= 0.6 is 0 Å². The molecule has 31 heavy (non-hydrogen) atoms. The van der Waals surface area contributed by atoms with Crippen molar-refractivity contribution in [1.82, 2.24) is 0 Å². The molecule has 166 valence electrons. The van der Waals surface area contributed by atoms with Crippen LogP contribution in [0.3, 0.4) is 0 Å². The van der Waals surface area contributed by atoms with Crippen molar-refractivity contribution in [2.75, 3.05) is 19.8 Å². The highest BCUT2D eigenvalue weighted by Gasteiger charge is 2.40. The van der Waals surface area contributed by atoms with E-state index < -0.39 is 47.3 Å². The van der Waals surface area contributed by atoms with E-state index in [1.807, 2.05) is 0 Å². The van der Waals surface area contributed by atoms with Gasteiger partial charge in [-0.05, 0) is 36.1 Å². The number of fused-ring (bicyclic) bond motifs is 3. The van der Waals surface area contributed by atoms with Crippen LogP contribution in [0.15, 0.2) is 36.9 Å². The van der Waals surface area contributed by atoms with Gasteiger partial charge in [0.25, 0.3) is 0 Å². The van der Waals surface area contributed by atoms with Gasteiger partial charge in [0.15, 0.2) is 30.2 Å². The van der Waals surface area contributed by atoms with E-state index in [1.165, 1.54) is 24.3 Å². The van der Waals surface area contributed by atoms with E-state index in [2.05, 4.69) is 6.58 Å². The van der Waals surface area contributed by atoms with Crippen LogP contribution in [-0.4, -0.2) is 26.1 Å². The summed E-state index contributed by atoms with van der Waals surface area (Å²) >= 11 is 0. The molecule has 2 aromatic carbocycles. The Kier molecular flexibility index (Phi) is 6.34. The summed E-state index contributed by atoms with van der Waals surface area (Å²) in [5.74, 6) is -2.40. The third-order valence-corrected chi connectivity index (χ3v) is 5.77. The van der Waals surface area contributed by atoms with Crippen LogP contribution < -0.4 is 4.74 Å². The Labute approximate surface area is 178 Å². The number of ether oxygens (including phenoxy) is 3. The van der Waals surface area contributed by atoms with E-state index in [-0.39, 0.29) is 42.3 Å². The third-order valence-electron chi connectivity index (χ3n) is 5.77. The van der Waals surface area contributed by atoms with Crippen molar-refractivity contribution < 1.29 is 31.8 Å². The molecule has 2 atom stereocenters. The van der Waals surface area contributed by atoms with Gasteiger partial charge in [-0.2, -0.15) is 0 Å². The fraction of sp³-hybridized carbons (Fsp3) is 0.417. The summed E-state index contributed by atoms with van der Waals surface area (Å²) in [6, 6.07) is 5.81. The van der Waals surface area contributed by atoms with Gasteiger partial charge in [0.05, 0.1) is 19.8 Å². The lowest BCUT2D eigenvalue weighted by Crippen LogP contribution is -2.31. The maximum atomic E-state index is 15.4. The Morgan fingerprint density at radius 3 is 2.23 bits per heavy atom. The minimum Gasteiger partial charge on any atom is -0.491 e. The molecule has 3 nitrogen and oxygen atoms in total. The van der Waals surface area contributed by atoms with Crippen LogP contribution in [0.4, 0.5) is 17.6 Å². The SMILES string of the molecule is C=CCCC1OCC(c2ccc3c(c2F)C(F)C(F)c2c-3ccc(OCC)c2F)CO1. The Morgan fingerprint density at radius 2 is 1.61 bits per heavy atom. The summed E-state index contributed by atoms with van der Waals surface area (Å²) in [5.41, 5.74) is -0.363. The van der Waals surface area contributed by atoms with Crippen molar-refractivity contribution in [3.63, 3.8) is 0 Å². The zero-order valence-corrected chi connectivity index (χ0v) is 17.2. The van der Waals surface area contributed by atoms with E-state index in [4.69, 9.17) is 14.2 Å². The summed E-state index contributed by atoms with van der Waals surface area (Å²) in [6.07, 6.45) is -1.94. The van der Waals surface area contributed by atoms with Gasteiger partial charge in [-0.1, -0.05) is 24.3 Å². The van der Waals surface area contributed by atoms with Gasteiger partial charge in [-0.25, -0.2) is 17.6 Å². The first-order valence-corrected chi connectivity index (χ1v) is 10.4. The monoisotopic (exact) mass is 436 g/mol. The average Bonchev–Trinajstić information content (AvgIpc) is 2.78. The highest BCUT2D eigenvalue weighted by atomic mass is 19.2. The molecule has 2 aliphatic rings. The van der Waals surface area contributed by atoms with Gasteiger partial charge in [0.2, 0.25) is 0 Å². The Morgan fingerprint density at radius 1 is 1.00 bits per heavy atom. The number of rotatable bonds is 6. The smallest absolute Gasteiger partial charge is 0.171 e. The first kappa shape index (κ1) is 21.8. The fourth-order valence-corrected chi connectivity index (χ4v) is 4.21. The lowest BCUT2D eigenvalue weighted by atomic mass is 9.80. The predicted octanol–water partition coefficient (Wildman–Crippen LogP) is 6.49.